The first-order valence-corrected chi connectivity index (χ1v) is 5.02. The molecule has 0 fully saturated rings. The van der Waals surface area contributed by atoms with Crippen molar-refractivity contribution >= 4 is 11.6 Å². The second-order valence-corrected chi connectivity index (χ2v) is 3.68. The maximum Gasteiger partial charge on any atom is 0.125 e. The molecule has 0 aliphatic rings. The third-order valence-electron chi connectivity index (χ3n) is 2.19. The molecule has 0 spiro atoms. The quantitative estimate of drug-likeness (QED) is 0.784. The van der Waals surface area contributed by atoms with Crippen molar-refractivity contribution in [1.29, 1.82) is 0 Å². The highest BCUT2D eigenvalue weighted by Gasteiger charge is 2.15. The summed E-state index contributed by atoms with van der Waals surface area (Å²) in [7, 11) is 1.60. The third-order valence-corrected chi connectivity index (χ3v) is 2.48. The molecule has 1 rings (SSSR count). The van der Waals surface area contributed by atoms with Gasteiger partial charge in [0, 0.05) is 5.56 Å². The number of aryl methyl sites for hydroxylation is 2. The van der Waals surface area contributed by atoms with Crippen molar-refractivity contribution in [2.24, 2.45) is 0 Å². The number of aliphatic hydroxyl groups excluding tert-OH is 1. The first-order valence-electron chi connectivity index (χ1n) is 4.49. The Bertz CT molecular complexity index is 323. The molecule has 0 aliphatic heterocycles. The summed E-state index contributed by atoms with van der Waals surface area (Å²) < 4.78 is 5.21. The molecule has 14 heavy (non-hydrogen) atoms. The van der Waals surface area contributed by atoms with Gasteiger partial charge in [-0.3, -0.25) is 0 Å². The van der Waals surface area contributed by atoms with Crippen LogP contribution in [0.4, 0.5) is 0 Å². The van der Waals surface area contributed by atoms with Crippen LogP contribution in [0.5, 0.6) is 5.75 Å². The van der Waals surface area contributed by atoms with E-state index in [1.807, 2.05) is 26.0 Å². The Morgan fingerprint density at radius 1 is 1.43 bits per heavy atom. The normalized spacial score (nSPS) is 12.6. The summed E-state index contributed by atoms with van der Waals surface area (Å²) in [6.07, 6.45) is -0.660. The molecule has 0 bridgehead atoms. The number of aliphatic hydroxyl groups is 1. The maximum atomic E-state index is 9.70. The minimum atomic E-state index is -0.660. The summed E-state index contributed by atoms with van der Waals surface area (Å²) in [5.74, 6) is 0.885. The molecule has 0 radical (unpaired) electrons. The van der Waals surface area contributed by atoms with E-state index in [1.165, 1.54) is 0 Å². The molecule has 1 atom stereocenters. The van der Waals surface area contributed by atoms with Crippen LogP contribution in [-0.2, 0) is 0 Å². The lowest BCUT2D eigenvalue weighted by Gasteiger charge is -2.16. The molecule has 1 aromatic carbocycles. The number of hydrogen-bond donors (Lipinski definition) is 1. The first-order chi connectivity index (χ1) is 6.60. The number of benzene rings is 1. The van der Waals surface area contributed by atoms with Crippen molar-refractivity contribution in [3.05, 3.63) is 28.8 Å². The van der Waals surface area contributed by atoms with Gasteiger partial charge in [-0.25, -0.2) is 0 Å². The topological polar surface area (TPSA) is 29.5 Å². The minimum Gasteiger partial charge on any atom is -0.496 e. The maximum absolute atomic E-state index is 9.70. The Hall–Kier alpha value is -0.730. The van der Waals surface area contributed by atoms with E-state index in [4.69, 9.17) is 16.3 Å². The summed E-state index contributed by atoms with van der Waals surface area (Å²) in [6, 6.07) is 3.91. The highest BCUT2D eigenvalue weighted by Crippen LogP contribution is 2.30. The summed E-state index contributed by atoms with van der Waals surface area (Å²) in [4.78, 5) is 0. The highest BCUT2D eigenvalue weighted by molar-refractivity contribution is 6.18. The van der Waals surface area contributed by atoms with Gasteiger partial charge in [-0.2, -0.15) is 0 Å². The molecule has 3 heteroatoms. The lowest BCUT2D eigenvalue weighted by Crippen LogP contribution is -2.04. The first kappa shape index (κ1) is 11.3. The number of methoxy groups -OCH3 is 1. The third kappa shape index (κ3) is 2.20. The van der Waals surface area contributed by atoms with E-state index >= 15 is 0 Å². The van der Waals surface area contributed by atoms with Crippen LogP contribution in [0, 0.1) is 13.8 Å². The Balaban J connectivity index is 3.24. The van der Waals surface area contributed by atoms with Crippen LogP contribution >= 0.6 is 11.6 Å². The van der Waals surface area contributed by atoms with E-state index in [0.717, 1.165) is 16.7 Å². The van der Waals surface area contributed by atoms with Gasteiger partial charge in [0.1, 0.15) is 5.75 Å². The zero-order valence-corrected chi connectivity index (χ0v) is 9.43. The fourth-order valence-corrected chi connectivity index (χ4v) is 1.77. The van der Waals surface area contributed by atoms with Gasteiger partial charge >= 0.3 is 0 Å². The molecular weight excluding hydrogens is 200 g/mol. The van der Waals surface area contributed by atoms with Gasteiger partial charge in [0.05, 0.1) is 19.1 Å². The number of alkyl halides is 1. The standard InChI is InChI=1S/C11H15ClO2/c1-7-4-8(2)11(9(13)6-12)10(5-7)14-3/h4-5,9,13H,6H2,1-3H3. The van der Waals surface area contributed by atoms with E-state index in [0.29, 0.717) is 5.75 Å². The molecule has 1 unspecified atom stereocenters. The second kappa shape index (κ2) is 4.67. The second-order valence-electron chi connectivity index (χ2n) is 3.37. The van der Waals surface area contributed by atoms with Crippen LogP contribution in [0.25, 0.3) is 0 Å². The van der Waals surface area contributed by atoms with Gasteiger partial charge in [0.15, 0.2) is 0 Å². The van der Waals surface area contributed by atoms with Gasteiger partial charge in [-0.1, -0.05) is 6.07 Å². The predicted octanol–water partition coefficient (Wildman–Crippen LogP) is 2.58. The molecule has 2 nitrogen and oxygen atoms in total. The van der Waals surface area contributed by atoms with E-state index in [2.05, 4.69) is 0 Å². The number of ether oxygens (including phenoxy) is 1. The van der Waals surface area contributed by atoms with Crippen LogP contribution in [0.3, 0.4) is 0 Å². The fraction of sp³-hybridized carbons (Fsp3) is 0.455. The van der Waals surface area contributed by atoms with Crippen molar-refractivity contribution < 1.29 is 9.84 Å². The highest BCUT2D eigenvalue weighted by atomic mass is 35.5. The average Bonchev–Trinajstić information content (AvgIpc) is 2.15. The van der Waals surface area contributed by atoms with Crippen molar-refractivity contribution in [2.45, 2.75) is 20.0 Å². The molecule has 1 aromatic rings. The molecule has 0 amide bonds. The van der Waals surface area contributed by atoms with E-state index in [-0.39, 0.29) is 5.88 Å². The SMILES string of the molecule is COc1cc(C)cc(C)c1C(O)CCl. The van der Waals surface area contributed by atoms with E-state index < -0.39 is 6.10 Å². The van der Waals surface area contributed by atoms with Crippen molar-refractivity contribution in [3.8, 4) is 5.75 Å². The van der Waals surface area contributed by atoms with Gasteiger partial charge in [-0.05, 0) is 31.0 Å². The molecule has 78 valence electrons. The number of rotatable bonds is 3. The zero-order chi connectivity index (χ0) is 10.7. The Morgan fingerprint density at radius 2 is 2.07 bits per heavy atom. The average molecular weight is 215 g/mol. The Kier molecular flexibility index (Phi) is 3.78. The molecule has 0 saturated heterocycles. The summed E-state index contributed by atoms with van der Waals surface area (Å²) in [6.45, 7) is 3.94. The zero-order valence-electron chi connectivity index (χ0n) is 8.67. The van der Waals surface area contributed by atoms with Crippen LogP contribution in [0.1, 0.15) is 22.8 Å². The van der Waals surface area contributed by atoms with Crippen molar-refractivity contribution in [3.63, 3.8) is 0 Å². The summed E-state index contributed by atoms with van der Waals surface area (Å²) in [5.41, 5.74) is 2.91. The number of halogens is 1. The number of hydrogen-bond acceptors (Lipinski definition) is 2. The molecule has 0 aliphatic carbocycles. The van der Waals surface area contributed by atoms with Gasteiger partial charge in [0.2, 0.25) is 0 Å². The van der Waals surface area contributed by atoms with Crippen molar-refractivity contribution in [2.75, 3.05) is 13.0 Å². The Labute approximate surface area is 89.5 Å². The van der Waals surface area contributed by atoms with Crippen LogP contribution in [-0.4, -0.2) is 18.1 Å². The van der Waals surface area contributed by atoms with Crippen LogP contribution < -0.4 is 4.74 Å². The largest absolute Gasteiger partial charge is 0.496 e. The van der Waals surface area contributed by atoms with E-state index in [1.54, 1.807) is 7.11 Å². The van der Waals surface area contributed by atoms with Gasteiger partial charge in [0.25, 0.3) is 0 Å². The van der Waals surface area contributed by atoms with Crippen LogP contribution in [0.15, 0.2) is 12.1 Å². The minimum absolute atomic E-state index is 0.181. The molecule has 0 heterocycles. The summed E-state index contributed by atoms with van der Waals surface area (Å²) in [5, 5.41) is 9.70. The van der Waals surface area contributed by atoms with Crippen LogP contribution in [0.2, 0.25) is 0 Å². The molecule has 0 aromatic heterocycles. The van der Waals surface area contributed by atoms with E-state index in [9.17, 15) is 5.11 Å². The predicted molar refractivity (Wildman–Crippen MR) is 58.1 cm³/mol. The summed E-state index contributed by atoms with van der Waals surface area (Å²) >= 11 is 5.62. The fourth-order valence-electron chi connectivity index (χ4n) is 1.61. The molecular formula is C11H15ClO2. The van der Waals surface area contributed by atoms with Gasteiger partial charge in [-0.15, -0.1) is 11.6 Å². The van der Waals surface area contributed by atoms with Gasteiger partial charge < -0.3 is 9.84 Å². The van der Waals surface area contributed by atoms with Crippen molar-refractivity contribution in [1.82, 2.24) is 0 Å². The Morgan fingerprint density at radius 3 is 2.57 bits per heavy atom. The molecule has 1 N–H and O–H groups in total. The monoisotopic (exact) mass is 214 g/mol. The smallest absolute Gasteiger partial charge is 0.125 e. The molecule has 0 saturated carbocycles. The lowest BCUT2D eigenvalue weighted by molar-refractivity contribution is 0.196. The lowest BCUT2D eigenvalue weighted by atomic mass is 10.0.